The monoisotopic (exact) mass is 344 g/mol. The molecule has 1 aliphatic rings. The molecule has 6 nitrogen and oxygen atoms in total. The lowest BCUT2D eigenvalue weighted by Gasteiger charge is -2.34. The van der Waals surface area contributed by atoms with Gasteiger partial charge in [-0.2, -0.15) is 13.2 Å². The summed E-state index contributed by atoms with van der Waals surface area (Å²) in [5.74, 6) is -1.79. The van der Waals surface area contributed by atoms with Crippen molar-refractivity contribution in [2.24, 2.45) is 0 Å². The van der Waals surface area contributed by atoms with Crippen LogP contribution < -0.4 is 5.32 Å². The second kappa shape index (κ2) is 6.90. The Morgan fingerprint density at radius 3 is 2.46 bits per heavy atom. The predicted octanol–water partition coefficient (Wildman–Crippen LogP) is 1.21. The second-order valence-corrected chi connectivity index (χ2v) is 5.16. The van der Waals surface area contributed by atoms with Crippen LogP contribution in [0.15, 0.2) is 24.3 Å². The minimum absolute atomic E-state index is 0.00701. The molecule has 1 aromatic rings. The Bertz CT molecular complexity index is 643. The molecule has 1 saturated heterocycles. The number of esters is 1. The van der Waals surface area contributed by atoms with Crippen LogP contribution in [0.1, 0.15) is 22.3 Å². The molecule has 1 N–H and O–H groups in total. The molecule has 130 valence electrons. The van der Waals surface area contributed by atoms with Gasteiger partial charge in [0, 0.05) is 18.7 Å². The predicted molar refractivity (Wildman–Crippen MR) is 75.9 cm³/mol. The van der Waals surface area contributed by atoms with Crippen LogP contribution in [-0.4, -0.2) is 48.9 Å². The number of hydrogen-bond acceptors (Lipinski definition) is 4. The molecule has 1 aliphatic heterocycles. The average Bonchev–Trinajstić information content (AvgIpc) is 2.55. The normalized spacial score (nSPS) is 18.1. The molecular formula is C15H15F3N2O4. The van der Waals surface area contributed by atoms with E-state index < -0.39 is 35.6 Å². The highest BCUT2D eigenvalue weighted by atomic mass is 19.4. The summed E-state index contributed by atoms with van der Waals surface area (Å²) in [5.41, 5.74) is -0.867. The van der Waals surface area contributed by atoms with Crippen molar-refractivity contribution in [2.75, 3.05) is 20.2 Å². The van der Waals surface area contributed by atoms with Gasteiger partial charge in [-0.3, -0.25) is 14.4 Å². The smallest absolute Gasteiger partial charge is 0.416 e. The number of carbonyl (C=O) groups excluding carboxylic acids is 3. The van der Waals surface area contributed by atoms with E-state index in [9.17, 15) is 27.6 Å². The van der Waals surface area contributed by atoms with Crippen molar-refractivity contribution in [1.82, 2.24) is 10.2 Å². The number of halogens is 3. The number of piperazine rings is 1. The Balaban J connectivity index is 2.22. The van der Waals surface area contributed by atoms with E-state index >= 15 is 0 Å². The highest BCUT2D eigenvalue weighted by molar-refractivity contribution is 5.99. The summed E-state index contributed by atoms with van der Waals surface area (Å²) in [5, 5.41) is 2.54. The Labute approximate surface area is 135 Å². The molecule has 0 aliphatic carbocycles. The summed E-state index contributed by atoms with van der Waals surface area (Å²) in [7, 11) is 1.16. The van der Waals surface area contributed by atoms with Crippen molar-refractivity contribution in [3.05, 3.63) is 35.4 Å². The first kappa shape index (κ1) is 17.8. The van der Waals surface area contributed by atoms with E-state index in [2.05, 4.69) is 10.1 Å². The topological polar surface area (TPSA) is 75.7 Å². The van der Waals surface area contributed by atoms with Gasteiger partial charge in [-0.05, 0) is 24.3 Å². The molecule has 1 unspecified atom stereocenters. The first-order valence-electron chi connectivity index (χ1n) is 7.07. The zero-order valence-corrected chi connectivity index (χ0v) is 12.7. The number of alkyl halides is 3. The zero-order chi connectivity index (χ0) is 17.9. The average molecular weight is 344 g/mol. The number of methoxy groups -OCH3 is 1. The van der Waals surface area contributed by atoms with E-state index in [1.54, 1.807) is 0 Å². The SMILES string of the molecule is COC(=O)CC1C(=O)NCCN1C(=O)c1ccc(C(F)(F)F)cc1. The van der Waals surface area contributed by atoms with Gasteiger partial charge in [-0.15, -0.1) is 0 Å². The molecule has 0 saturated carbocycles. The van der Waals surface area contributed by atoms with Gasteiger partial charge in [0.05, 0.1) is 19.1 Å². The van der Waals surface area contributed by atoms with E-state index in [1.807, 2.05) is 0 Å². The van der Waals surface area contributed by atoms with Gasteiger partial charge in [0.15, 0.2) is 0 Å². The Hall–Kier alpha value is -2.58. The molecule has 0 aromatic heterocycles. The van der Waals surface area contributed by atoms with Crippen molar-refractivity contribution < 1.29 is 32.3 Å². The van der Waals surface area contributed by atoms with Gasteiger partial charge < -0.3 is 15.0 Å². The summed E-state index contributed by atoms with van der Waals surface area (Å²) in [6.07, 6.45) is -4.82. The minimum Gasteiger partial charge on any atom is -0.469 e. The van der Waals surface area contributed by atoms with Crippen LogP contribution in [-0.2, 0) is 20.5 Å². The lowest BCUT2D eigenvalue weighted by molar-refractivity contribution is -0.145. The number of rotatable bonds is 3. The molecule has 9 heteroatoms. The lowest BCUT2D eigenvalue weighted by Crippen LogP contribution is -2.57. The maximum Gasteiger partial charge on any atom is 0.416 e. The first-order chi connectivity index (χ1) is 11.2. The molecule has 1 fully saturated rings. The molecule has 0 bridgehead atoms. The third-order valence-electron chi connectivity index (χ3n) is 3.64. The van der Waals surface area contributed by atoms with Crippen molar-refractivity contribution in [2.45, 2.75) is 18.6 Å². The van der Waals surface area contributed by atoms with Crippen LogP contribution in [0.5, 0.6) is 0 Å². The van der Waals surface area contributed by atoms with Crippen LogP contribution in [0, 0.1) is 0 Å². The van der Waals surface area contributed by atoms with Gasteiger partial charge in [0.25, 0.3) is 5.91 Å². The summed E-state index contributed by atoms with van der Waals surface area (Å²) >= 11 is 0. The molecule has 2 amide bonds. The molecule has 1 heterocycles. The summed E-state index contributed by atoms with van der Waals surface area (Å²) in [6, 6.07) is 2.64. The molecule has 24 heavy (non-hydrogen) atoms. The number of hydrogen-bond donors (Lipinski definition) is 1. The fraction of sp³-hybridized carbons (Fsp3) is 0.400. The van der Waals surface area contributed by atoms with Gasteiger partial charge in [0.1, 0.15) is 6.04 Å². The number of carbonyl (C=O) groups is 3. The fourth-order valence-electron chi connectivity index (χ4n) is 2.37. The molecular weight excluding hydrogens is 329 g/mol. The zero-order valence-electron chi connectivity index (χ0n) is 12.7. The van der Waals surface area contributed by atoms with E-state index in [4.69, 9.17) is 0 Å². The van der Waals surface area contributed by atoms with Gasteiger partial charge in [-0.1, -0.05) is 0 Å². The number of benzene rings is 1. The lowest BCUT2D eigenvalue weighted by atomic mass is 10.1. The number of nitrogens with one attached hydrogen (secondary N) is 1. The molecule has 0 radical (unpaired) electrons. The Morgan fingerprint density at radius 2 is 1.92 bits per heavy atom. The Morgan fingerprint density at radius 1 is 1.29 bits per heavy atom. The van der Waals surface area contributed by atoms with E-state index in [-0.39, 0.29) is 25.1 Å². The van der Waals surface area contributed by atoms with Gasteiger partial charge in [0.2, 0.25) is 5.91 Å². The number of nitrogens with zero attached hydrogens (tertiary/aromatic N) is 1. The highest BCUT2D eigenvalue weighted by Gasteiger charge is 2.36. The molecule has 0 spiro atoms. The van der Waals surface area contributed by atoms with E-state index in [1.165, 1.54) is 4.90 Å². The quantitative estimate of drug-likeness (QED) is 0.837. The van der Waals surface area contributed by atoms with Crippen LogP contribution in [0.4, 0.5) is 13.2 Å². The van der Waals surface area contributed by atoms with Crippen LogP contribution in [0.3, 0.4) is 0 Å². The van der Waals surface area contributed by atoms with E-state index in [0.717, 1.165) is 31.4 Å². The maximum absolute atomic E-state index is 12.6. The molecule has 1 atom stereocenters. The van der Waals surface area contributed by atoms with Crippen molar-refractivity contribution in [3.63, 3.8) is 0 Å². The van der Waals surface area contributed by atoms with Gasteiger partial charge >= 0.3 is 12.1 Å². The van der Waals surface area contributed by atoms with Crippen molar-refractivity contribution >= 4 is 17.8 Å². The summed E-state index contributed by atoms with van der Waals surface area (Å²) < 4.78 is 42.2. The van der Waals surface area contributed by atoms with Crippen LogP contribution >= 0.6 is 0 Å². The first-order valence-corrected chi connectivity index (χ1v) is 7.07. The van der Waals surface area contributed by atoms with E-state index in [0.29, 0.717) is 0 Å². The van der Waals surface area contributed by atoms with Crippen LogP contribution in [0.2, 0.25) is 0 Å². The van der Waals surface area contributed by atoms with Crippen molar-refractivity contribution in [1.29, 1.82) is 0 Å². The standard InChI is InChI=1S/C15H15F3N2O4/c1-24-12(21)8-11-13(22)19-6-7-20(11)14(23)9-2-4-10(5-3-9)15(16,17)18/h2-5,11H,6-8H2,1H3,(H,19,22). The Kier molecular flexibility index (Phi) is 5.10. The highest BCUT2D eigenvalue weighted by Crippen LogP contribution is 2.29. The minimum atomic E-state index is -4.50. The number of amides is 2. The summed E-state index contributed by atoms with van der Waals surface area (Å²) in [4.78, 5) is 37.0. The number of ether oxygens (including phenoxy) is 1. The largest absolute Gasteiger partial charge is 0.469 e. The molecule has 1 aromatic carbocycles. The van der Waals surface area contributed by atoms with Crippen LogP contribution in [0.25, 0.3) is 0 Å². The molecule has 2 rings (SSSR count). The van der Waals surface area contributed by atoms with Crippen molar-refractivity contribution in [3.8, 4) is 0 Å². The summed E-state index contributed by atoms with van der Waals surface area (Å²) in [6.45, 7) is 0.343. The maximum atomic E-state index is 12.6. The van der Waals surface area contributed by atoms with Gasteiger partial charge in [-0.25, -0.2) is 0 Å². The fourth-order valence-corrected chi connectivity index (χ4v) is 2.37. The third kappa shape index (κ3) is 3.84. The third-order valence-corrected chi connectivity index (χ3v) is 3.64. The second-order valence-electron chi connectivity index (χ2n) is 5.16.